The van der Waals surface area contributed by atoms with Crippen LogP contribution in [0, 0.1) is 6.92 Å². The van der Waals surface area contributed by atoms with Gasteiger partial charge in [0, 0.05) is 11.1 Å². The molecule has 0 saturated carbocycles. The summed E-state index contributed by atoms with van der Waals surface area (Å²) in [5, 5.41) is 2.34. The fourth-order valence-electron chi connectivity index (χ4n) is 1.63. The van der Waals surface area contributed by atoms with Gasteiger partial charge in [0.25, 0.3) is 0 Å². The number of rotatable bonds is 4. The minimum absolute atomic E-state index is 0.0449. The Labute approximate surface area is 117 Å². The maximum atomic E-state index is 12.3. The number of aromatic nitrogens is 1. The number of benzene rings is 1. The van der Waals surface area contributed by atoms with E-state index in [0.717, 1.165) is 11.8 Å². The number of aryl methyl sites for hydroxylation is 1. The normalized spacial score (nSPS) is 11.4. The average Bonchev–Trinajstić information content (AvgIpc) is 2.73. The van der Waals surface area contributed by atoms with Crippen molar-refractivity contribution in [1.82, 2.24) is 4.98 Å². The van der Waals surface area contributed by atoms with E-state index < -0.39 is 17.9 Å². The number of carbonyl (C=O) groups excluding carboxylic acids is 1. The van der Waals surface area contributed by atoms with Gasteiger partial charge in [0.2, 0.25) is 0 Å². The molecule has 0 aliphatic rings. The van der Waals surface area contributed by atoms with Crippen LogP contribution in [0.2, 0.25) is 0 Å². The third-order valence-corrected chi connectivity index (χ3v) is 3.36. The molecule has 0 amide bonds. The van der Waals surface area contributed by atoms with Crippen molar-refractivity contribution in [2.75, 3.05) is 0 Å². The number of nitrogens with zero attached hydrogens (tertiary/aromatic N) is 1. The molecule has 2 rings (SSSR count). The number of Topliss-reactive ketones (excluding diaryl/α,β-unsaturated/α-hetero) is 1. The third-order valence-electron chi connectivity index (χ3n) is 2.39. The second-order valence-electron chi connectivity index (χ2n) is 4.03. The molecule has 2 aromatic rings. The fraction of sp³-hybridized carbons (Fsp3) is 0.231. The first-order valence-corrected chi connectivity index (χ1v) is 6.52. The summed E-state index contributed by atoms with van der Waals surface area (Å²) in [7, 11) is 0. The predicted octanol–water partition coefficient (Wildman–Crippen LogP) is 3.78. The molecule has 3 nitrogen and oxygen atoms in total. The number of thiazole rings is 1. The first-order valence-electron chi connectivity index (χ1n) is 5.64. The van der Waals surface area contributed by atoms with E-state index in [9.17, 15) is 18.0 Å². The molecule has 7 heteroatoms. The summed E-state index contributed by atoms with van der Waals surface area (Å²) < 4.78 is 40.7. The molecule has 106 valence electrons. The van der Waals surface area contributed by atoms with Crippen LogP contribution in [0.1, 0.15) is 21.1 Å². The molecule has 0 aliphatic heterocycles. The van der Waals surface area contributed by atoms with Crippen molar-refractivity contribution >= 4 is 17.1 Å². The average molecular weight is 301 g/mol. The molecular weight excluding hydrogens is 291 g/mol. The number of alkyl halides is 3. The molecule has 0 radical (unpaired) electrons. The number of para-hydroxylation sites is 1. The standard InChI is InChI=1S/C13H10F3NO2S/c1-8-7-20-12(17-8)6-10(18)9-4-2-3-5-11(9)19-13(14,15)16/h2-5,7H,6H2,1H3. The number of ketones is 1. The predicted molar refractivity (Wildman–Crippen MR) is 68.0 cm³/mol. The van der Waals surface area contributed by atoms with Gasteiger partial charge in [-0.2, -0.15) is 0 Å². The Morgan fingerprint density at radius 1 is 1.35 bits per heavy atom. The summed E-state index contributed by atoms with van der Waals surface area (Å²) in [5.74, 6) is -0.947. The van der Waals surface area contributed by atoms with Gasteiger partial charge >= 0.3 is 6.36 Å². The summed E-state index contributed by atoms with van der Waals surface area (Å²) in [6.45, 7) is 1.78. The largest absolute Gasteiger partial charge is 0.573 e. The van der Waals surface area contributed by atoms with Crippen molar-refractivity contribution < 1.29 is 22.7 Å². The van der Waals surface area contributed by atoms with E-state index >= 15 is 0 Å². The Balaban J connectivity index is 2.21. The van der Waals surface area contributed by atoms with Crippen LogP contribution in [0.4, 0.5) is 13.2 Å². The van der Waals surface area contributed by atoms with Crippen LogP contribution >= 0.6 is 11.3 Å². The maximum Gasteiger partial charge on any atom is 0.573 e. The van der Waals surface area contributed by atoms with Crippen LogP contribution in [0.3, 0.4) is 0 Å². The van der Waals surface area contributed by atoms with E-state index in [1.54, 1.807) is 12.3 Å². The molecule has 0 fully saturated rings. The molecule has 1 heterocycles. The van der Waals surface area contributed by atoms with E-state index in [2.05, 4.69) is 9.72 Å². The lowest BCUT2D eigenvalue weighted by Crippen LogP contribution is -2.19. The minimum Gasteiger partial charge on any atom is -0.405 e. The zero-order valence-electron chi connectivity index (χ0n) is 10.4. The molecule has 0 atom stereocenters. The van der Waals surface area contributed by atoms with Crippen LogP contribution in [0.25, 0.3) is 0 Å². The molecule has 1 aromatic carbocycles. The fourth-order valence-corrected chi connectivity index (χ4v) is 2.40. The van der Waals surface area contributed by atoms with Crippen LogP contribution in [0.5, 0.6) is 5.75 Å². The van der Waals surface area contributed by atoms with Crippen LogP contribution in [0.15, 0.2) is 29.6 Å². The van der Waals surface area contributed by atoms with Gasteiger partial charge in [-0.3, -0.25) is 4.79 Å². The molecule has 20 heavy (non-hydrogen) atoms. The first kappa shape index (κ1) is 14.5. The molecular formula is C13H10F3NO2S. The SMILES string of the molecule is Cc1csc(CC(=O)c2ccccc2OC(F)(F)F)n1. The highest BCUT2D eigenvalue weighted by Gasteiger charge is 2.32. The summed E-state index contributed by atoms with van der Waals surface area (Å²) in [6.07, 6.45) is -4.87. The molecule has 0 unspecified atom stereocenters. The maximum absolute atomic E-state index is 12.3. The van der Waals surface area contributed by atoms with Crippen molar-refractivity contribution in [1.29, 1.82) is 0 Å². The Bertz CT molecular complexity index is 622. The van der Waals surface area contributed by atoms with Crippen molar-refractivity contribution in [3.8, 4) is 5.75 Å². The van der Waals surface area contributed by atoms with Crippen LogP contribution in [-0.2, 0) is 6.42 Å². The summed E-state index contributed by atoms with van der Waals surface area (Å²) in [6, 6.07) is 5.30. The second kappa shape index (κ2) is 5.62. The van der Waals surface area contributed by atoms with E-state index in [1.807, 2.05) is 0 Å². The van der Waals surface area contributed by atoms with Crippen LogP contribution in [-0.4, -0.2) is 17.1 Å². The first-order chi connectivity index (χ1) is 9.35. The Morgan fingerprint density at radius 2 is 2.05 bits per heavy atom. The van der Waals surface area contributed by atoms with Gasteiger partial charge in [0.05, 0.1) is 12.0 Å². The topological polar surface area (TPSA) is 39.2 Å². The van der Waals surface area contributed by atoms with Crippen molar-refractivity contribution in [3.63, 3.8) is 0 Å². The van der Waals surface area contributed by atoms with E-state index in [0.29, 0.717) is 5.01 Å². The molecule has 0 aliphatic carbocycles. The zero-order valence-corrected chi connectivity index (χ0v) is 11.2. The Kier molecular flexibility index (Phi) is 4.08. The number of ether oxygens (including phenoxy) is 1. The van der Waals surface area contributed by atoms with Crippen molar-refractivity contribution in [2.45, 2.75) is 19.7 Å². The monoisotopic (exact) mass is 301 g/mol. The molecule has 0 spiro atoms. The number of hydrogen-bond acceptors (Lipinski definition) is 4. The second-order valence-corrected chi connectivity index (χ2v) is 4.97. The van der Waals surface area contributed by atoms with Gasteiger partial charge in [-0.15, -0.1) is 24.5 Å². The molecule has 0 N–H and O–H groups in total. The summed E-state index contributed by atoms with van der Waals surface area (Å²) >= 11 is 1.30. The molecule has 0 saturated heterocycles. The summed E-state index contributed by atoms with van der Waals surface area (Å²) in [5.41, 5.74) is 0.676. The molecule has 1 aromatic heterocycles. The highest BCUT2D eigenvalue weighted by Crippen LogP contribution is 2.27. The highest BCUT2D eigenvalue weighted by molar-refractivity contribution is 7.09. The lowest BCUT2D eigenvalue weighted by Gasteiger charge is -2.12. The van der Waals surface area contributed by atoms with E-state index in [4.69, 9.17) is 0 Å². The van der Waals surface area contributed by atoms with Gasteiger partial charge in [-0.25, -0.2) is 4.98 Å². The van der Waals surface area contributed by atoms with E-state index in [-0.39, 0.29) is 12.0 Å². The van der Waals surface area contributed by atoms with Gasteiger partial charge < -0.3 is 4.74 Å². The quantitative estimate of drug-likeness (QED) is 0.807. The number of halogens is 3. The number of carbonyl (C=O) groups is 1. The van der Waals surface area contributed by atoms with Crippen LogP contribution < -0.4 is 4.74 Å². The summed E-state index contributed by atoms with van der Waals surface area (Å²) in [4.78, 5) is 16.2. The Morgan fingerprint density at radius 3 is 2.65 bits per heavy atom. The number of hydrogen-bond donors (Lipinski definition) is 0. The third kappa shape index (κ3) is 3.80. The zero-order chi connectivity index (χ0) is 14.8. The van der Waals surface area contributed by atoms with Gasteiger partial charge in [0.1, 0.15) is 10.8 Å². The smallest absolute Gasteiger partial charge is 0.405 e. The van der Waals surface area contributed by atoms with Crippen molar-refractivity contribution in [2.24, 2.45) is 0 Å². The van der Waals surface area contributed by atoms with Gasteiger partial charge in [0.15, 0.2) is 5.78 Å². The lowest BCUT2D eigenvalue weighted by atomic mass is 10.1. The van der Waals surface area contributed by atoms with Gasteiger partial charge in [-0.05, 0) is 19.1 Å². The van der Waals surface area contributed by atoms with Crippen molar-refractivity contribution in [3.05, 3.63) is 45.9 Å². The molecule has 0 bridgehead atoms. The minimum atomic E-state index is -4.83. The Hall–Kier alpha value is -1.89. The van der Waals surface area contributed by atoms with E-state index in [1.165, 1.54) is 29.5 Å². The van der Waals surface area contributed by atoms with Gasteiger partial charge in [-0.1, -0.05) is 12.1 Å². The highest BCUT2D eigenvalue weighted by atomic mass is 32.1. The lowest BCUT2D eigenvalue weighted by molar-refractivity contribution is -0.274.